The average Bonchev–Trinajstić information content (AvgIpc) is 2.14. The second kappa shape index (κ2) is 4.18. The van der Waals surface area contributed by atoms with Crippen LogP contribution in [0.3, 0.4) is 0 Å². The van der Waals surface area contributed by atoms with E-state index in [4.69, 9.17) is 4.74 Å². The quantitative estimate of drug-likeness (QED) is 0.726. The zero-order valence-corrected chi connectivity index (χ0v) is 8.82. The molecule has 0 aliphatic rings. The van der Waals surface area contributed by atoms with E-state index in [-0.39, 0.29) is 11.2 Å². The second-order valence-electron chi connectivity index (χ2n) is 4.18. The van der Waals surface area contributed by atoms with E-state index in [9.17, 15) is 5.11 Å². The van der Waals surface area contributed by atoms with Crippen LogP contribution in [0.4, 0.5) is 0 Å². The van der Waals surface area contributed by atoms with Crippen molar-refractivity contribution < 1.29 is 9.84 Å². The zero-order chi connectivity index (χ0) is 10.6. The van der Waals surface area contributed by atoms with Gasteiger partial charge in [0.25, 0.3) is 0 Å². The summed E-state index contributed by atoms with van der Waals surface area (Å²) < 4.78 is 5.28. The molecule has 2 heteroatoms. The fourth-order valence-corrected chi connectivity index (χ4v) is 0.800. The molecule has 0 atom stereocenters. The summed E-state index contributed by atoms with van der Waals surface area (Å²) in [4.78, 5) is 0. The van der Waals surface area contributed by atoms with Crippen molar-refractivity contribution >= 4 is 0 Å². The number of hydrogen-bond acceptors (Lipinski definition) is 2. The fraction of sp³-hybridized carbons (Fsp3) is 0.333. The number of aliphatic hydroxyl groups excluding tert-OH is 1. The average molecular weight is 192 g/mol. The van der Waals surface area contributed by atoms with E-state index >= 15 is 0 Å². The SMILES string of the molecule is CC(C)(C)C(O)=COc1ccccc1. The van der Waals surface area contributed by atoms with Gasteiger partial charge >= 0.3 is 0 Å². The number of benzene rings is 1. The molecule has 0 bridgehead atoms. The monoisotopic (exact) mass is 192 g/mol. The van der Waals surface area contributed by atoms with Crippen LogP contribution in [0, 0.1) is 5.41 Å². The Labute approximate surface area is 84.8 Å². The summed E-state index contributed by atoms with van der Waals surface area (Å²) in [6.45, 7) is 5.77. The molecule has 1 rings (SSSR count). The molecule has 14 heavy (non-hydrogen) atoms. The first-order chi connectivity index (χ1) is 6.50. The number of aliphatic hydroxyl groups is 1. The van der Waals surface area contributed by atoms with Crippen LogP contribution >= 0.6 is 0 Å². The molecule has 0 aliphatic heterocycles. The van der Waals surface area contributed by atoms with Gasteiger partial charge in [-0.15, -0.1) is 0 Å². The van der Waals surface area contributed by atoms with Crippen LogP contribution in [0.1, 0.15) is 20.8 Å². The molecule has 0 saturated heterocycles. The van der Waals surface area contributed by atoms with Crippen molar-refractivity contribution in [2.24, 2.45) is 5.41 Å². The van der Waals surface area contributed by atoms with Gasteiger partial charge in [-0.05, 0) is 12.1 Å². The third-order valence-electron chi connectivity index (χ3n) is 1.82. The van der Waals surface area contributed by atoms with Gasteiger partial charge < -0.3 is 9.84 Å². The van der Waals surface area contributed by atoms with Crippen LogP contribution in [0.5, 0.6) is 5.75 Å². The zero-order valence-electron chi connectivity index (χ0n) is 8.82. The summed E-state index contributed by atoms with van der Waals surface area (Å²) in [5.41, 5.74) is -0.269. The van der Waals surface area contributed by atoms with Gasteiger partial charge in [-0.25, -0.2) is 0 Å². The van der Waals surface area contributed by atoms with E-state index in [1.54, 1.807) is 0 Å². The summed E-state index contributed by atoms with van der Waals surface area (Å²) in [5, 5.41) is 9.58. The van der Waals surface area contributed by atoms with Crippen molar-refractivity contribution in [1.82, 2.24) is 0 Å². The Hall–Kier alpha value is -1.44. The molecule has 0 aromatic heterocycles. The van der Waals surface area contributed by atoms with Crippen LogP contribution < -0.4 is 4.74 Å². The first kappa shape index (κ1) is 10.6. The minimum absolute atomic E-state index is 0.237. The van der Waals surface area contributed by atoms with Crippen molar-refractivity contribution in [3.8, 4) is 5.75 Å². The minimum atomic E-state index is -0.269. The molecule has 0 unspecified atom stereocenters. The highest BCUT2D eigenvalue weighted by Gasteiger charge is 2.16. The molecule has 0 aliphatic carbocycles. The van der Waals surface area contributed by atoms with Crippen LogP contribution in [0.2, 0.25) is 0 Å². The second-order valence-corrected chi connectivity index (χ2v) is 4.18. The third kappa shape index (κ3) is 3.13. The first-order valence-corrected chi connectivity index (χ1v) is 4.61. The summed E-state index contributed by atoms with van der Waals surface area (Å²) in [7, 11) is 0. The molecule has 0 spiro atoms. The Kier molecular flexibility index (Phi) is 3.18. The van der Waals surface area contributed by atoms with Crippen molar-refractivity contribution in [3.63, 3.8) is 0 Å². The largest absolute Gasteiger partial charge is 0.509 e. The molecule has 0 saturated carbocycles. The molecule has 1 N–H and O–H groups in total. The maximum Gasteiger partial charge on any atom is 0.133 e. The van der Waals surface area contributed by atoms with Crippen LogP contribution in [-0.4, -0.2) is 5.11 Å². The Bertz CT molecular complexity index is 307. The van der Waals surface area contributed by atoms with Gasteiger partial charge in [-0.3, -0.25) is 0 Å². The predicted molar refractivity (Wildman–Crippen MR) is 57.2 cm³/mol. The molecular formula is C12H16O2. The number of ether oxygens (including phenoxy) is 1. The van der Waals surface area contributed by atoms with E-state index in [0.717, 1.165) is 5.75 Å². The van der Waals surface area contributed by atoms with Crippen molar-refractivity contribution in [2.75, 3.05) is 0 Å². The van der Waals surface area contributed by atoms with Gasteiger partial charge in [0.05, 0.1) is 0 Å². The summed E-state index contributed by atoms with van der Waals surface area (Å²) in [5.74, 6) is 0.963. The van der Waals surface area contributed by atoms with E-state index in [0.29, 0.717) is 0 Å². The molecular weight excluding hydrogens is 176 g/mol. The Morgan fingerprint density at radius 3 is 2.29 bits per heavy atom. The maximum atomic E-state index is 9.58. The van der Waals surface area contributed by atoms with Gasteiger partial charge in [-0.1, -0.05) is 39.0 Å². The maximum absolute atomic E-state index is 9.58. The van der Waals surface area contributed by atoms with E-state index < -0.39 is 0 Å². The van der Waals surface area contributed by atoms with Crippen LogP contribution in [0.25, 0.3) is 0 Å². The highest BCUT2D eigenvalue weighted by Crippen LogP contribution is 2.22. The van der Waals surface area contributed by atoms with Crippen LogP contribution in [-0.2, 0) is 0 Å². The molecule has 1 aromatic rings. The van der Waals surface area contributed by atoms with E-state index in [1.807, 2.05) is 51.1 Å². The normalized spacial score (nSPS) is 12.6. The van der Waals surface area contributed by atoms with Crippen molar-refractivity contribution in [3.05, 3.63) is 42.4 Å². The molecule has 76 valence electrons. The smallest absolute Gasteiger partial charge is 0.133 e. The lowest BCUT2D eigenvalue weighted by Gasteiger charge is -2.16. The Morgan fingerprint density at radius 1 is 1.21 bits per heavy atom. The first-order valence-electron chi connectivity index (χ1n) is 4.61. The Balaban J connectivity index is 2.65. The molecule has 0 amide bonds. The lowest BCUT2D eigenvalue weighted by Crippen LogP contribution is -2.09. The third-order valence-corrected chi connectivity index (χ3v) is 1.82. The highest BCUT2D eigenvalue weighted by atomic mass is 16.5. The lowest BCUT2D eigenvalue weighted by atomic mass is 9.95. The molecule has 2 nitrogen and oxygen atoms in total. The van der Waals surface area contributed by atoms with Gasteiger partial charge in [0.2, 0.25) is 0 Å². The van der Waals surface area contributed by atoms with Gasteiger partial charge in [0.15, 0.2) is 0 Å². The topological polar surface area (TPSA) is 29.5 Å². The van der Waals surface area contributed by atoms with E-state index in [1.165, 1.54) is 6.26 Å². The molecule has 1 aromatic carbocycles. The van der Waals surface area contributed by atoms with Gasteiger partial charge in [-0.2, -0.15) is 0 Å². The summed E-state index contributed by atoms with van der Waals surface area (Å²) >= 11 is 0. The van der Waals surface area contributed by atoms with Gasteiger partial charge in [0.1, 0.15) is 17.8 Å². The van der Waals surface area contributed by atoms with Gasteiger partial charge in [0, 0.05) is 5.41 Å². The van der Waals surface area contributed by atoms with E-state index in [2.05, 4.69) is 0 Å². The standard InChI is InChI=1S/C12H16O2/c1-12(2,3)11(13)9-14-10-7-5-4-6-8-10/h4-9,13H,1-3H3. The molecule has 0 heterocycles. The highest BCUT2D eigenvalue weighted by molar-refractivity contribution is 5.22. The Morgan fingerprint density at radius 2 is 1.79 bits per heavy atom. The number of allylic oxidation sites excluding steroid dienone is 1. The molecule has 0 radical (unpaired) electrons. The van der Waals surface area contributed by atoms with Crippen molar-refractivity contribution in [2.45, 2.75) is 20.8 Å². The number of hydrogen-bond donors (Lipinski definition) is 1. The molecule has 0 fully saturated rings. The summed E-state index contributed by atoms with van der Waals surface area (Å²) in [6, 6.07) is 9.37. The van der Waals surface area contributed by atoms with Crippen molar-refractivity contribution in [1.29, 1.82) is 0 Å². The lowest BCUT2D eigenvalue weighted by molar-refractivity contribution is 0.256. The van der Waals surface area contributed by atoms with Crippen LogP contribution in [0.15, 0.2) is 42.4 Å². The number of para-hydroxylation sites is 1. The minimum Gasteiger partial charge on any atom is -0.509 e. The predicted octanol–water partition coefficient (Wildman–Crippen LogP) is 3.51. The fourth-order valence-electron chi connectivity index (χ4n) is 0.800. The number of rotatable bonds is 2. The summed E-state index contributed by atoms with van der Waals surface area (Å²) in [6.07, 6.45) is 1.38.